The molecule has 6 heteroatoms. The van der Waals surface area contributed by atoms with Crippen LogP contribution in [-0.2, 0) is 4.79 Å². The van der Waals surface area contributed by atoms with Gasteiger partial charge in [-0.15, -0.1) is 0 Å². The van der Waals surface area contributed by atoms with Gasteiger partial charge in [-0.1, -0.05) is 0 Å². The van der Waals surface area contributed by atoms with E-state index in [-0.39, 0.29) is 12.4 Å². The predicted octanol–water partition coefficient (Wildman–Crippen LogP) is 1.80. The molecule has 1 aromatic heterocycles. The summed E-state index contributed by atoms with van der Waals surface area (Å²) in [5, 5.41) is 8.74. The zero-order valence-electron chi connectivity index (χ0n) is 10.2. The molecule has 0 unspecified atom stereocenters. The zero-order valence-corrected chi connectivity index (χ0v) is 10.2. The van der Waals surface area contributed by atoms with E-state index in [4.69, 9.17) is 5.11 Å². The molecule has 0 amide bonds. The van der Waals surface area contributed by atoms with Crippen molar-refractivity contribution in [3.05, 3.63) is 42.5 Å². The number of carboxylic acids is 1. The molecule has 0 aliphatic heterocycles. The number of anilines is 1. The Hall–Kier alpha value is -2.50. The lowest BCUT2D eigenvalue weighted by atomic mass is 10.1. The van der Waals surface area contributed by atoms with Crippen molar-refractivity contribution in [3.63, 3.8) is 0 Å². The van der Waals surface area contributed by atoms with Gasteiger partial charge in [0, 0.05) is 18.7 Å². The summed E-state index contributed by atoms with van der Waals surface area (Å²) in [6, 6.07) is 7.57. The number of aromatic nitrogens is 2. The van der Waals surface area contributed by atoms with Gasteiger partial charge in [-0.2, -0.15) is 0 Å². The monoisotopic (exact) mass is 261 g/mol. The van der Waals surface area contributed by atoms with E-state index in [1.807, 2.05) is 0 Å². The summed E-state index contributed by atoms with van der Waals surface area (Å²) in [7, 11) is 1.63. The second-order valence-corrected chi connectivity index (χ2v) is 4.02. The number of carboxylic acid groups (broad SMARTS) is 1. The molecule has 0 fully saturated rings. The maximum absolute atomic E-state index is 12.8. The summed E-state index contributed by atoms with van der Waals surface area (Å²) < 4.78 is 12.8. The SMILES string of the molecule is CN(CC(=O)O)c1cc(-c2ccc(F)cc2)ncn1. The number of hydrogen-bond acceptors (Lipinski definition) is 4. The fourth-order valence-corrected chi connectivity index (χ4v) is 1.62. The van der Waals surface area contributed by atoms with E-state index in [9.17, 15) is 9.18 Å². The van der Waals surface area contributed by atoms with Gasteiger partial charge in [0.1, 0.15) is 24.5 Å². The number of likely N-dealkylation sites (N-methyl/N-ethyl adjacent to an activating group) is 1. The van der Waals surface area contributed by atoms with Crippen LogP contribution in [0.15, 0.2) is 36.7 Å². The highest BCUT2D eigenvalue weighted by Crippen LogP contribution is 2.20. The Morgan fingerprint density at radius 1 is 1.32 bits per heavy atom. The predicted molar refractivity (Wildman–Crippen MR) is 68.3 cm³/mol. The smallest absolute Gasteiger partial charge is 0.323 e. The van der Waals surface area contributed by atoms with Crippen LogP contribution in [0, 0.1) is 5.82 Å². The average molecular weight is 261 g/mol. The van der Waals surface area contributed by atoms with Gasteiger partial charge in [-0.25, -0.2) is 14.4 Å². The quantitative estimate of drug-likeness (QED) is 0.909. The Bertz CT molecular complexity index is 587. The molecule has 0 aliphatic carbocycles. The molecule has 0 saturated heterocycles. The number of halogens is 1. The van der Waals surface area contributed by atoms with Crippen LogP contribution in [0.5, 0.6) is 0 Å². The van der Waals surface area contributed by atoms with E-state index in [1.165, 1.54) is 23.4 Å². The summed E-state index contributed by atoms with van der Waals surface area (Å²) in [4.78, 5) is 20.3. The van der Waals surface area contributed by atoms with E-state index in [1.54, 1.807) is 25.2 Å². The van der Waals surface area contributed by atoms with Crippen LogP contribution in [0.25, 0.3) is 11.3 Å². The van der Waals surface area contributed by atoms with Crippen LogP contribution >= 0.6 is 0 Å². The van der Waals surface area contributed by atoms with Crippen molar-refractivity contribution in [2.24, 2.45) is 0 Å². The van der Waals surface area contributed by atoms with Gasteiger partial charge in [-0.3, -0.25) is 4.79 Å². The van der Waals surface area contributed by atoms with Crippen LogP contribution in [0.3, 0.4) is 0 Å². The van der Waals surface area contributed by atoms with Crippen molar-refractivity contribution in [2.45, 2.75) is 0 Å². The van der Waals surface area contributed by atoms with Gasteiger partial charge in [-0.05, 0) is 24.3 Å². The van der Waals surface area contributed by atoms with Crippen LogP contribution in [0.2, 0.25) is 0 Å². The van der Waals surface area contributed by atoms with Gasteiger partial charge in [0.25, 0.3) is 0 Å². The number of aliphatic carboxylic acids is 1. The third-order valence-electron chi connectivity index (χ3n) is 2.56. The molecule has 0 radical (unpaired) electrons. The number of nitrogens with zero attached hydrogens (tertiary/aromatic N) is 3. The van der Waals surface area contributed by atoms with Crippen molar-refractivity contribution >= 4 is 11.8 Å². The molecule has 2 aromatic rings. The third kappa shape index (κ3) is 3.25. The number of rotatable bonds is 4. The van der Waals surface area contributed by atoms with Crippen molar-refractivity contribution in [1.82, 2.24) is 9.97 Å². The number of carbonyl (C=O) groups is 1. The number of hydrogen-bond donors (Lipinski definition) is 1. The fraction of sp³-hybridized carbons (Fsp3) is 0.154. The second kappa shape index (κ2) is 5.43. The first-order valence-electron chi connectivity index (χ1n) is 5.57. The molecular weight excluding hydrogens is 249 g/mol. The first-order chi connectivity index (χ1) is 9.06. The molecule has 0 aliphatic rings. The van der Waals surface area contributed by atoms with Gasteiger partial charge >= 0.3 is 5.97 Å². The summed E-state index contributed by atoms with van der Waals surface area (Å²) in [5.41, 5.74) is 1.36. The Kier molecular flexibility index (Phi) is 3.70. The standard InChI is InChI=1S/C13H12FN3O2/c1-17(7-13(18)19)12-6-11(15-8-16-12)9-2-4-10(14)5-3-9/h2-6,8H,7H2,1H3,(H,18,19). The van der Waals surface area contributed by atoms with E-state index in [2.05, 4.69) is 9.97 Å². The summed E-state index contributed by atoms with van der Waals surface area (Å²) in [6.45, 7) is -0.153. The Labute approximate surface area is 109 Å². The van der Waals surface area contributed by atoms with Gasteiger partial charge < -0.3 is 10.0 Å². The Morgan fingerprint density at radius 3 is 2.63 bits per heavy atom. The summed E-state index contributed by atoms with van der Waals surface area (Å²) in [5.74, 6) is -0.762. The molecule has 2 rings (SSSR count). The molecule has 5 nitrogen and oxygen atoms in total. The van der Waals surface area contributed by atoms with Crippen molar-refractivity contribution < 1.29 is 14.3 Å². The summed E-state index contributed by atoms with van der Waals surface area (Å²) in [6.07, 6.45) is 1.35. The van der Waals surface area contributed by atoms with Crippen LogP contribution < -0.4 is 4.90 Å². The minimum atomic E-state index is -0.940. The lowest BCUT2D eigenvalue weighted by Gasteiger charge is -2.15. The van der Waals surface area contributed by atoms with Crippen LogP contribution in [0.4, 0.5) is 10.2 Å². The van der Waals surface area contributed by atoms with Crippen LogP contribution in [-0.4, -0.2) is 34.6 Å². The lowest BCUT2D eigenvalue weighted by molar-refractivity contribution is -0.135. The van der Waals surface area contributed by atoms with Gasteiger partial charge in [0.15, 0.2) is 0 Å². The molecule has 98 valence electrons. The highest BCUT2D eigenvalue weighted by molar-refractivity contribution is 5.73. The Balaban J connectivity index is 2.28. The summed E-state index contributed by atoms with van der Waals surface area (Å²) >= 11 is 0. The molecule has 0 saturated carbocycles. The maximum atomic E-state index is 12.8. The lowest BCUT2D eigenvalue weighted by Crippen LogP contribution is -2.25. The van der Waals surface area contributed by atoms with Crippen molar-refractivity contribution in [3.8, 4) is 11.3 Å². The molecule has 0 spiro atoms. The third-order valence-corrected chi connectivity index (χ3v) is 2.56. The number of benzene rings is 1. The fourth-order valence-electron chi connectivity index (χ4n) is 1.62. The van der Waals surface area contributed by atoms with Crippen molar-refractivity contribution in [1.29, 1.82) is 0 Å². The average Bonchev–Trinajstić information content (AvgIpc) is 2.39. The topological polar surface area (TPSA) is 66.3 Å². The van der Waals surface area contributed by atoms with E-state index >= 15 is 0 Å². The van der Waals surface area contributed by atoms with E-state index in [0.717, 1.165) is 5.56 Å². The molecule has 0 atom stereocenters. The Morgan fingerprint density at radius 2 is 2.00 bits per heavy atom. The molecular formula is C13H12FN3O2. The van der Waals surface area contributed by atoms with E-state index in [0.29, 0.717) is 11.5 Å². The second-order valence-electron chi connectivity index (χ2n) is 4.02. The molecule has 19 heavy (non-hydrogen) atoms. The highest BCUT2D eigenvalue weighted by atomic mass is 19.1. The van der Waals surface area contributed by atoms with Gasteiger partial charge in [0.2, 0.25) is 0 Å². The largest absolute Gasteiger partial charge is 0.480 e. The normalized spacial score (nSPS) is 10.2. The zero-order chi connectivity index (χ0) is 13.8. The van der Waals surface area contributed by atoms with Gasteiger partial charge in [0.05, 0.1) is 5.69 Å². The maximum Gasteiger partial charge on any atom is 0.323 e. The highest BCUT2D eigenvalue weighted by Gasteiger charge is 2.09. The first-order valence-corrected chi connectivity index (χ1v) is 5.57. The minimum absolute atomic E-state index is 0.153. The molecule has 0 bridgehead atoms. The first kappa shape index (κ1) is 12.9. The van der Waals surface area contributed by atoms with E-state index < -0.39 is 5.97 Å². The molecule has 1 aromatic carbocycles. The van der Waals surface area contributed by atoms with Crippen LogP contribution in [0.1, 0.15) is 0 Å². The molecule has 1 N–H and O–H groups in total. The minimum Gasteiger partial charge on any atom is -0.480 e. The molecule has 1 heterocycles. The van der Waals surface area contributed by atoms with Crippen molar-refractivity contribution in [2.75, 3.05) is 18.5 Å².